The molecule has 182 valence electrons. The van der Waals surface area contributed by atoms with Crippen LogP contribution in [0.25, 0.3) is 11.3 Å². The quantitative estimate of drug-likeness (QED) is 0.168. The molecule has 0 saturated carbocycles. The maximum absolute atomic E-state index is 13.4. The third kappa shape index (κ3) is 5.28. The highest BCUT2D eigenvalue weighted by Gasteiger charge is 2.24. The average molecular weight is 500 g/mol. The number of carbonyl (C=O) groups excluding carboxylic acids is 1. The topological polar surface area (TPSA) is 97.7 Å². The van der Waals surface area contributed by atoms with E-state index in [0.717, 1.165) is 42.5 Å². The molecule has 1 N–H and O–H groups in total. The number of amides is 1. The second-order valence-electron chi connectivity index (χ2n) is 8.68. The van der Waals surface area contributed by atoms with Gasteiger partial charge >= 0.3 is 0 Å². The van der Waals surface area contributed by atoms with Gasteiger partial charge in [-0.15, -0.1) is 11.3 Å². The Balaban J connectivity index is 1.43. The van der Waals surface area contributed by atoms with Gasteiger partial charge < -0.3 is 9.73 Å². The van der Waals surface area contributed by atoms with Gasteiger partial charge in [-0.1, -0.05) is 31.0 Å². The number of furan rings is 1. The summed E-state index contributed by atoms with van der Waals surface area (Å²) in [7, 11) is 0. The van der Waals surface area contributed by atoms with Crippen LogP contribution in [-0.4, -0.2) is 17.0 Å². The van der Waals surface area contributed by atoms with Crippen LogP contribution < -0.4 is 5.32 Å². The van der Waals surface area contributed by atoms with E-state index in [0.29, 0.717) is 22.1 Å². The lowest BCUT2D eigenvalue weighted by atomic mass is 9.96. The minimum atomic E-state index is -0.430. The van der Waals surface area contributed by atoms with Gasteiger partial charge in [0, 0.05) is 28.3 Å². The third-order valence-corrected chi connectivity index (χ3v) is 7.41. The van der Waals surface area contributed by atoms with E-state index < -0.39 is 4.92 Å². The molecule has 0 spiro atoms. The average Bonchev–Trinajstić information content (AvgIpc) is 3.48. The summed E-state index contributed by atoms with van der Waals surface area (Å²) in [5.74, 6) is 0.989. The summed E-state index contributed by atoms with van der Waals surface area (Å²) < 4.78 is 5.91. The molecule has 0 saturated heterocycles. The van der Waals surface area contributed by atoms with Gasteiger partial charge in [0.1, 0.15) is 16.5 Å². The molecule has 0 aliphatic heterocycles. The van der Waals surface area contributed by atoms with Crippen LogP contribution in [0, 0.1) is 10.1 Å². The number of nitro groups is 1. The summed E-state index contributed by atoms with van der Waals surface area (Å²) in [6.45, 7) is 0. The van der Waals surface area contributed by atoms with Crippen molar-refractivity contribution in [2.24, 2.45) is 4.99 Å². The summed E-state index contributed by atoms with van der Waals surface area (Å²) in [6.07, 6.45) is 8.04. The smallest absolute Gasteiger partial charge is 0.269 e. The molecule has 0 atom stereocenters. The lowest BCUT2D eigenvalue weighted by molar-refractivity contribution is -0.384. The molecule has 1 aliphatic carbocycles. The van der Waals surface area contributed by atoms with E-state index in [2.05, 4.69) is 5.32 Å². The van der Waals surface area contributed by atoms with Crippen LogP contribution in [0.1, 0.15) is 52.2 Å². The second-order valence-corrected chi connectivity index (χ2v) is 9.77. The molecule has 7 nitrogen and oxygen atoms in total. The van der Waals surface area contributed by atoms with Crippen molar-refractivity contribution < 1.29 is 14.1 Å². The SMILES string of the molecule is O=C(Nc1ccccc1)c1c(N=Cc2ccc(-c3ccc([N+](=O)[O-])cc3)o2)sc2c1CCCCCC2. The van der Waals surface area contributed by atoms with E-state index in [1.807, 2.05) is 30.3 Å². The number of nitro benzene ring substituents is 1. The maximum atomic E-state index is 13.4. The molecule has 1 aliphatic rings. The van der Waals surface area contributed by atoms with Crippen molar-refractivity contribution in [1.82, 2.24) is 0 Å². The fraction of sp³-hybridized carbons (Fsp3) is 0.214. The van der Waals surface area contributed by atoms with Crippen LogP contribution >= 0.6 is 11.3 Å². The normalized spacial score (nSPS) is 13.7. The number of carbonyl (C=O) groups is 1. The van der Waals surface area contributed by atoms with Crippen molar-refractivity contribution in [3.8, 4) is 11.3 Å². The Kier molecular flexibility index (Phi) is 7.04. The van der Waals surface area contributed by atoms with Crippen LogP contribution in [0.15, 0.2) is 76.1 Å². The summed E-state index contributed by atoms with van der Waals surface area (Å²) in [6, 6.07) is 19.3. The number of anilines is 1. The summed E-state index contributed by atoms with van der Waals surface area (Å²) in [5.41, 5.74) is 3.29. The summed E-state index contributed by atoms with van der Waals surface area (Å²) in [4.78, 5) is 29.8. The van der Waals surface area contributed by atoms with E-state index in [-0.39, 0.29) is 11.6 Å². The molecule has 0 unspecified atom stereocenters. The number of benzene rings is 2. The predicted molar refractivity (Wildman–Crippen MR) is 143 cm³/mol. The van der Waals surface area contributed by atoms with E-state index >= 15 is 0 Å². The molecule has 4 aromatic rings. The van der Waals surface area contributed by atoms with Crippen molar-refractivity contribution in [2.75, 3.05) is 5.32 Å². The number of hydrogen-bond acceptors (Lipinski definition) is 6. The van der Waals surface area contributed by atoms with Crippen molar-refractivity contribution in [2.45, 2.75) is 38.5 Å². The molecule has 0 bridgehead atoms. The number of aryl methyl sites for hydroxylation is 1. The molecule has 1 amide bonds. The Bertz CT molecular complexity index is 1400. The van der Waals surface area contributed by atoms with Gasteiger partial charge in [0.15, 0.2) is 0 Å². The highest BCUT2D eigenvalue weighted by Crippen LogP contribution is 2.39. The molecular formula is C28H25N3O4S. The number of hydrogen-bond donors (Lipinski definition) is 1. The first-order valence-corrected chi connectivity index (χ1v) is 12.8. The molecule has 0 radical (unpaired) electrons. The van der Waals surface area contributed by atoms with Gasteiger partial charge in [-0.3, -0.25) is 14.9 Å². The Hall–Kier alpha value is -4.04. The van der Waals surface area contributed by atoms with Crippen LogP contribution in [0.3, 0.4) is 0 Å². The number of nitrogens with zero attached hydrogens (tertiary/aromatic N) is 2. The predicted octanol–water partition coefficient (Wildman–Crippen LogP) is 7.58. The number of non-ortho nitro benzene ring substituents is 1. The van der Waals surface area contributed by atoms with E-state index in [1.165, 1.54) is 29.9 Å². The van der Waals surface area contributed by atoms with Gasteiger partial charge in [0.2, 0.25) is 0 Å². The van der Waals surface area contributed by atoms with Gasteiger partial charge in [-0.25, -0.2) is 4.99 Å². The lowest BCUT2D eigenvalue weighted by Crippen LogP contribution is -2.14. The molecule has 2 heterocycles. The molecule has 36 heavy (non-hydrogen) atoms. The highest BCUT2D eigenvalue weighted by atomic mass is 32.1. The van der Waals surface area contributed by atoms with Crippen molar-refractivity contribution in [3.05, 3.63) is 98.6 Å². The van der Waals surface area contributed by atoms with E-state index in [1.54, 1.807) is 41.8 Å². The van der Waals surface area contributed by atoms with E-state index in [9.17, 15) is 14.9 Å². The Morgan fingerprint density at radius 3 is 2.47 bits per heavy atom. The Labute approximate surface area is 212 Å². The standard InChI is InChI=1S/C28H25N3O4S/c32-27(30-20-8-4-3-5-9-20)26-23-10-6-1-2-7-11-25(23)36-28(26)29-18-22-16-17-24(35-22)19-12-14-21(15-13-19)31(33)34/h3-5,8-9,12-18H,1-2,6-7,10-11H2,(H,30,32). The number of thiophene rings is 1. The summed E-state index contributed by atoms with van der Waals surface area (Å²) >= 11 is 1.59. The monoisotopic (exact) mass is 499 g/mol. The first-order chi connectivity index (χ1) is 17.6. The van der Waals surface area contributed by atoms with Gasteiger partial charge in [-0.05, 0) is 67.6 Å². The first kappa shape index (κ1) is 23.7. The molecule has 2 aromatic heterocycles. The fourth-order valence-corrected chi connectivity index (χ4v) is 5.62. The molecular weight excluding hydrogens is 474 g/mol. The van der Waals surface area contributed by atoms with Gasteiger partial charge in [0.25, 0.3) is 11.6 Å². The van der Waals surface area contributed by atoms with Crippen molar-refractivity contribution in [1.29, 1.82) is 0 Å². The molecule has 2 aromatic carbocycles. The zero-order valence-electron chi connectivity index (χ0n) is 19.6. The van der Waals surface area contributed by atoms with Gasteiger partial charge in [-0.2, -0.15) is 0 Å². The molecule has 0 fully saturated rings. The fourth-order valence-electron chi connectivity index (χ4n) is 4.39. The highest BCUT2D eigenvalue weighted by molar-refractivity contribution is 7.16. The maximum Gasteiger partial charge on any atom is 0.269 e. The largest absolute Gasteiger partial charge is 0.455 e. The third-order valence-electron chi connectivity index (χ3n) is 6.21. The van der Waals surface area contributed by atoms with Crippen LogP contribution in [0.2, 0.25) is 0 Å². The second kappa shape index (κ2) is 10.7. The summed E-state index contributed by atoms with van der Waals surface area (Å²) in [5, 5.41) is 14.6. The zero-order chi connectivity index (χ0) is 24.9. The number of para-hydroxylation sites is 1. The minimum Gasteiger partial charge on any atom is -0.455 e. The molecule has 8 heteroatoms. The van der Waals surface area contributed by atoms with Crippen LogP contribution in [0.4, 0.5) is 16.4 Å². The molecule has 5 rings (SSSR count). The lowest BCUT2D eigenvalue weighted by Gasteiger charge is -2.11. The minimum absolute atomic E-state index is 0.0293. The van der Waals surface area contributed by atoms with Crippen LogP contribution in [-0.2, 0) is 12.8 Å². The van der Waals surface area contributed by atoms with E-state index in [4.69, 9.17) is 9.41 Å². The number of rotatable bonds is 6. The number of nitrogens with one attached hydrogen (secondary N) is 1. The van der Waals surface area contributed by atoms with Crippen molar-refractivity contribution in [3.63, 3.8) is 0 Å². The van der Waals surface area contributed by atoms with Gasteiger partial charge in [0.05, 0.1) is 16.7 Å². The van der Waals surface area contributed by atoms with Crippen LogP contribution in [0.5, 0.6) is 0 Å². The first-order valence-electron chi connectivity index (χ1n) is 12.0. The number of aliphatic imine (C=N–C) groups is 1. The Morgan fingerprint density at radius 2 is 1.72 bits per heavy atom. The van der Waals surface area contributed by atoms with Crippen molar-refractivity contribution >= 4 is 39.8 Å². The Morgan fingerprint density at radius 1 is 0.972 bits per heavy atom. The zero-order valence-corrected chi connectivity index (χ0v) is 20.4. The number of fused-ring (bicyclic) bond motifs is 1.